The molecule has 1 N–H and O–H groups in total. The molecule has 3 aromatic heterocycles. The Morgan fingerprint density at radius 2 is 1.88 bits per heavy atom. The lowest BCUT2D eigenvalue weighted by molar-refractivity contribution is -0.119. The maximum Gasteiger partial charge on any atom is 0.229 e. The Balaban J connectivity index is 1.55. The molecule has 0 aliphatic carbocycles. The fourth-order valence-electron chi connectivity index (χ4n) is 2.43. The summed E-state index contributed by atoms with van der Waals surface area (Å²) in [6, 6.07) is 0. The van der Waals surface area contributed by atoms with Crippen molar-refractivity contribution >= 4 is 23.2 Å². The van der Waals surface area contributed by atoms with Gasteiger partial charge in [-0.3, -0.25) is 18.8 Å². The largest absolute Gasteiger partial charge is 0.323 e. The smallest absolute Gasteiger partial charge is 0.229 e. The summed E-state index contributed by atoms with van der Waals surface area (Å²) >= 11 is 5.83. The first kappa shape index (κ1) is 17.2. The number of rotatable bonds is 7. The van der Waals surface area contributed by atoms with Crippen molar-refractivity contribution in [2.45, 2.75) is 33.5 Å². The van der Waals surface area contributed by atoms with Crippen molar-refractivity contribution in [2.24, 2.45) is 5.92 Å². The third-order valence-corrected chi connectivity index (χ3v) is 3.96. The number of hydrogen-bond donors (Lipinski definition) is 1. The zero-order chi connectivity index (χ0) is 17.8. The Morgan fingerprint density at radius 1 is 1.12 bits per heavy atom. The van der Waals surface area contributed by atoms with Gasteiger partial charge < -0.3 is 5.32 Å². The van der Waals surface area contributed by atoms with Gasteiger partial charge in [-0.15, -0.1) is 0 Å². The van der Waals surface area contributed by atoms with Crippen LogP contribution < -0.4 is 5.32 Å². The van der Waals surface area contributed by atoms with Crippen LogP contribution in [0, 0.1) is 5.92 Å². The van der Waals surface area contributed by atoms with Crippen LogP contribution in [0.25, 0.3) is 0 Å². The average Bonchev–Trinajstić information content (AvgIpc) is 3.30. The second-order valence-corrected chi connectivity index (χ2v) is 6.34. The molecule has 0 fully saturated rings. The number of anilines is 1. The van der Waals surface area contributed by atoms with Gasteiger partial charge in [-0.1, -0.05) is 18.5 Å². The highest BCUT2D eigenvalue weighted by atomic mass is 35.5. The van der Waals surface area contributed by atoms with E-state index < -0.39 is 0 Å². The molecular formula is C16H20ClN7O. The Hall–Kier alpha value is -2.61. The van der Waals surface area contributed by atoms with Gasteiger partial charge in [-0.2, -0.15) is 15.3 Å². The van der Waals surface area contributed by atoms with E-state index in [4.69, 9.17) is 11.6 Å². The number of carbonyl (C=O) groups is 1. The van der Waals surface area contributed by atoms with E-state index in [0.29, 0.717) is 23.8 Å². The molecule has 3 aromatic rings. The molecule has 0 radical (unpaired) electrons. The summed E-state index contributed by atoms with van der Waals surface area (Å²) < 4.78 is 5.29. The van der Waals surface area contributed by atoms with E-state index >= 15 is 0 Å². The molecule has 3 heterocycles. The maximum absolute atomic E-state index is 12.3. The first-order chi connectivity index (χ1) is 12.0. The molecule has 132 valence electrons. The number of halogens is 1. The maximum atomic E-state index is 12.3. The van der Waals surface area contributed by atoms with Gasteiger partial charge in [0.2, 0.25) is 5.91 Å². The lowest BCUT2D eigenvalue weighted by Crippen LogP contribution is -2.24. The fraction of sp³-hybridized carbons (Fsp3) is 0.375. The molecule has 1 atom stereocenters. The molecule has 0 aliphatic rings. The van der Waals surface area contributed by atoms with Crippen LogP contribution in [-0.4, -0.2) is 35.2 Å². The second-order valence-electron chi connectivity index (χ2n) is 5.90. The molecular weight excluding hydrogens is 342 g/mol. The number of hydrogen-bond acceptors (Lipinski definition) is 4. The minimum absolute atomic E-state index is 0.0926. The predicted molar refractivity (Wildman–Crippen MR) is 94.3 cm³/mol. The molecule has 0 aromatic carbocycles. The minimum Gasteiger partial charge on any atom is -0.323 e. The number of nitrogens with zero attached hydrogens (tertiary/aromatic N) is 6. The Labute approximate surface area is 150 Å². The van der Waals surface area contributed by atoms with Crippen LogP contribution in [0.2, 0.25) is 5.02 Å². The predicted octanol–water partition coefficient (Wildman–Crippen LogP) is 2.27. The van der Waals surface area contributed by atoms with Crippen LogP contribution in [-0.2, 0) is 24.4 Å². The van der Waals surface area contributed by atoms with Crippen molar-refractivity contribution in [1.29, 1.82) is 0 Å². The zero-order valence-electron chi connectivity index (χ0n) is 14.1. The van der Waals surface area contributed by atoms with Crippen LogP contribution in [0.4, 0.5) is 5.69 Å². The van der Waals surface area contributed by atoms with Crippen LogP contribution >= 0.6 is 11.6 Å². The van der Waals surface area contributed by atoms with Crippen molar-refractivity contribution in [3.63, 3.8) is 0 Å². The lowest BCUT2D eigenvalue weighted by atomic mass is 10.1. The summed E-state index contributed by atoms with van der Waals surface area (Å²) in [5, 5.41) is 16.0. The SMILES string of the molecule is CCn1cc(Cn2cc(NC(=O)C(C)Cn3cc(Cl)cn3)cn2)cn1. The third kappa shape index (κ3) is 4.48. The van der Waals surface area contributed by atoms with Gasteiger partial charge >= 0.3 is 0 Å². The Bertz CT molecular complexity index is 850. The molecule has 0 saturated carbocycles. The topological polar surface area (TPSA) is 82.6 Å². The summed E-state index contributed by atoms with van der Waals surface area (Å²) in [4.78, 5) is 12.3. The van der Waals surface area contributed by atoms with Crippen molar-refractivity contribution in [1.82, 2.24) is 29.3 Å². The van der Waals surface area contributed by atoms with Crippen LogP contribution in [0.1, 0.15) is 19.4 Å². The lowest BCUT2D eigenvalue weighted by Gasteiger charge is -2.11. The van der Waals surface area contributed by atoms with Gasteiger partial charge in [0, 0.05) is 30.7 Å². The Kier molecular flexibility index (Phi) is 5.18. The van der Waals surface area contributed by atoms with E-state index in [2.05, 4.69) is 20.6 Å². The van der Waals surface area contributed by atoms with Gasteiger partial charge in [0.05, 0.1) is 48.3 Å². The van der Waals surface area contributed by atoms with E-state index in [-0.39, 0.29) is 11.8 Å². The first-order valence-electron chi connectivity index (χ1n) is 8.06. The molecule has 25 heavy (non-hydrogen) atoms. The van der Waals surface area contributed by atoms with Crippen molar-refractivity contribution < 1.29 is 4.79 Å². The molecule has 0 saturated heterocycles. The molecule has 8 nitrogen and oxygen atoms in total. The van der Waals surface area contributed by atoms with E-state index in [1.807, 2.05) is 30.9 Å². The van der Waals surface area contributed by atoms with E-state index in [0.717, 1.165) is 12.1 Å². The number of aryl methyl sites for hydroxylation is 1. The third-order valence-electron chi connectivity index (χ3n) is 3.77. The monoisotopic (exact) mass is 361 g/mol. The van der Waals surface area contributed by atoms with E-state index in [1.54, 1.807) is 34.2 Å². The molecule has 3 rings (SSSR count). The number of nitrogens with one attached hydrogen (secondary N) is 1. The molecule has 1 amide bonds. The summed E-state index contributed by atoms with van der Waals surface area (Å²) in [7, 11) is 0. The molecule has 0 spiro atoms. The first-order valence-corrected chi connectivity index (χ1v) is 8.44. The standard InChI is InChI=1S/C16H20ClN7O/c1-3-22-8-13(4-18-22)9-24-11-15(6-20-24)21-16(25)12(2)7-23-10-14(17)5-19-23/h4-6,8,10-12H,3,7,9H2,1-2H3,(H,21,25). The molecule has 0 bridgehead atoms. The number of amides is 1. The second kappa shape index (κ2) is 7.52. The van der Waals surface area contributed by atoms with Gasteiger partial charge in [-0.05, 0) is 6.92 Å². The van der Waals surface area contributed by atoms with Crippen LogP contribution in [0.3, 0.4) is 0 Å². The molecule has 0 aliphatic heterocycles. The van der Waals surface area contributed by atoms with Crippen molar-refractivity contribution in [2.75, 3.05) is 5.32 Å². The van der Waals surface area contributed by atoms with Gasteiger partial charge in [-0.25, -0.2) is 0 Å². The summed E-state index contributed by atoms with van der Waals surface area (Å²) in [5.41, 5.74) is 1.73. The van der Waals surface area contributed by atoms with Crippen LogP contribution in [0.5, 0.6) is 0 Å². The average molecular weight is 362 g/mol. The zero-order valence-corrected chi connectivity index (χ0v) is 14.9. The van der Waals surface area contributed by atoms with Gasteiger partial charge in [0.1, 0.15) is 0 Å². The summed E-state index contributed by atoms with van der Waals surface area (Å²) in [6.45, 7) is 5.78. The van der Waals surface area contributed by atoms with E-state index in [1.165, 1.54) is 0 Å². The minimum atomic E-state index is -0.248. The number of aromatic nitrogens is 6. The highest BCUT2D eigenvalue weighted by molar-refractivity contribution is 6.30. The summed E-state index contributed by atoms with van der Waals surface area (Å²) in [6.07, 6.45) is 10.5. The quantitative estimate of drug-likeness (QED) is 0.699. The van der Waals surface area contributed by atoms with Crippen molar-refractivity contribution in [3.05, 3.63) is 47.8 Å². The molecule has 1 unspecified atom stereocenters. The van der Waals surface area contributed by atoms with Crippen LogP contribution in [0.15, 0.2) is 37.2 Å². The van der Waals surface area contributed by atoms with Gasteiger partial charge in [0.25, 0.3) is 0 Å². The Morgan fingerprint density at radius 3 is 2.56 bits per heavy atom. The van der Waals surface area contributed by atoms with Gasteiger partial charge in [0.15, 0.2) is 0 Å². The highest BCUT2D eigenvalue weighted by Crippen LogP contribution is 2.12. The fourth-order valence-corrected chi connectivity index (χ4v) is 2.59. The normalized spacial score (nSPS) is 12.3. The number of carbonyl (C=O) groups excluding carboxylic acids is 1. The van der Waals surface area contributed by atoms with Crippen molar-refractivity contribution in [3.8, 4) is 0 Å². The highest BCUT2D eigenvalue weighted by Gasteiger charge is 2.15. The summed E-state index contributed by atoms with van der Waals surface area (Å²) in [5.74, 6) is -0.341. The van der Waals surface area contributed by atoms with E-state index in [9.17, 15) is 4.79 Å². The molecule has 9 heteroatoms.